The van der Waals surface area contributed by atoms with Crippen LogP contribution in [0, 0.1) is 6.92 Å². The molecule has 0 saturated carbocycles. The lowest BCUT2D eigenvalue weighted by Gasteiger charge is -2.27. The minimum Gasteiger partial charge on any atom is -0.353 e. The number of hydrogen-bond donors (Lipinski definition) is 1. The maximum absolute atomic E-state index is 12.5. The van der Waals surface area contributed by atoms with Gasteiger partial charge >= 0.3 is 6.03 Å². The van der Waals surface area contributed by atoms with Crippen LogP contribution in [-0.2, 0) is 13.6 Å². The first-order valence-corrected chi connectivity index (χ1v) is 7.22. The molecule has 0 saturated heterocycles. The average Bonchev–Trinajstić information content (AvgIpc) is 2.83. The summed E-state index contributed by atoms with van der Waals surface area (Å²) in [5.41, 5.74) is 3.04. The van der Waals surface area contributed by atoms with Crippen molar-refractivity contribution in [1.82, 2.24) is 9.47 Å². The minimum absolute atomic E-state index is 0.0690. The van der Waals surface area contributed by atoms with Crippen LogP contribution in [0.5, 0.6) is 0 Å². The average molecular weight is 285 g/mol. The lowest BCUT2D eigenvalue weighted by molar-refractivity contribution is 0.192. The number of amides is 2. The van der Waals surface area contributed by atoms with Crippen LogP contribution < -0.4 is 5.32 Å². The van der Waals surface area contributed by atoms with Gasteiger partial charge in [0.2, 0.25) is 0 Å². The molecule has 21 heavy (non-hydrogen) atoms. The first-order valence-electron chi connectivity index (χ1n) is 7.22. The molecule has 0 aliphatic heterocycles. The molecule has 0 aliphatic rings. The number of nitrogens with one attached hydrogen (secondary N) is 1. The molecule has 0 radical (unpaired) electrons. The summed E-state index contributed by atoms with van der Waals surface area (Å²) in [5.74, 6) is 0. The standard InChI is InChI=1S/C17H23N3O/c1-13(2)20(12-15-9-7-11-19(15)4)17(21)18-16-10-6-5-8-14(16)3/h5-11,13H,12H2,1-4H3,(H,18,21). The molecule has 0 fully saturated rings. The molecule has 0 aliphatic carbocycles. The van der Waals surface area contributed by atoms with Gasteiger partial charge in [0, 0.05) is 30.7 Å². The van der Waals surface area contributed by atoms with Gasteiger partial charge < -0.3 is 14.8 Å². The van der Waals surface area contributed by atoms with E-state index >= 15 is 0 Å². The van der Waals surface area contributed by atoms with Gasteiger partial charge in [-0.25, -0.2) is 4.79 Å². The molecule has 0 atom stereocenters. The van der Waals surface area contributed by atoms with E-state index in [-0.39, 0.29) is 12.1 Å². The van der Waals surface area contributed by atoms with Crippen molar-refractivity contribution >= 4 is 11.7 Å². The Morgan fingerprint density at radius 3 is 2.52 bits per heavy atom. The lowest BCUT2D eigenvalue weighted by Crippen LogP contribution is -2.40. The van der Waals surface area contributed by atoms with Crippen LogP contribution in [0.2, 0.25) is 0 Å². The molecule has 2 aromatic rings. The van der Waals surface area contributed by atoms with E-state index in [2.05, 4.69) is 5.32 Å². The fraction of sp³-hybridized carbons (Fsp3) is 0.353. The van der Waals surface area contributed by atoms with E-state index in [1.807, 2.05) is 79.9 Å². The molecule has 2 rings (SSSR count). The zero-order valence-corrected chi connectivity index (χ0v) is 13.1. The third-order valence-electron chi connectivity index (χ3n) is 3.65. The third-order valence-corrected chi connectivity index (χ3v) is 3.65. The number of aryl methyl sites for hydroxylation is 2. The molecule has 1 heterocycles. The van der Waals surface area contributed by atoms with Gasteiger partial charge in [-0.15, -0.1) is 0 Å². The predicted molar refractivity (Wildman–Crippen MR) is 86.3 cm³/mol. The van der Waals surface area contributed by atoms with Gasteiger partial charge in [0.1, 0.15) is 0 Å². The SMILES string of the molecule is Cc1ccccc1NC(=O)N(Cc1cccn1C)C(C)C. The highest BCUT2D eigenvalue weighted by atomic mass is 16.2. The number of aromatic nitrogens is 1. The number of hydrogen-bond acceptors (Lipinski definition) is 1. The van der Waals surface area contributed by atoms with E-state index in [9.17, 15) is 4.79 Å². The van der Waals surface area contributed by atoms with Crippen molar-refractivity contribution in [3.63, 3.8) is 0 Å². The van der Waals surface area contributed by atoms with Crippen LogP contribution in [0.4, 0.5) is 10.5 Å². The van der Waals surface area contributed by atoms with Crippen LogP contribution in [-0.4, -0.2) is 21.5 Å². The number of anilines is 1. The molecule has 0 unspecified atom stereocenters. The highest BCUT2D eigenvalue weighted by Crippen LogP contribution is 2.16. The molecule has 1 N–H and O–H groups in total. The quantitative estimate of drug-likeness (QED) is 0.912. The van der Waals surface area contributed by atoms with Crippen LogP contribution >= 0.6 is 0 Å². The van der Waals surface area contributed by atoms with Crippen LogP contribution in [0.25, 0.3) is 0 Å². The second kappa shape index (κ2) is 6.48. The Morgan fingerprint density at radius 1 is 1.24 bits per heavy atom. The Kier molecular flexibility index (Phi) is 4.68. The maximum atomic E-state index is 12.5. The van der Waals surface area contributed by atoms with E-state index in [1.165, 1.54) is 0 Å². The van der Waals surface area contributed by atoms with Crippen LogP contribution in [0.1, 0.15) is 25.1 Å². The molecule has 1 aromatic carbocycles. The number of rotatable bonds is 4. The number of benzene rings is 1. The zero-order chi connectivity index (χ0) is 15.4. The van der Waals surface area contributed by atoms with Crippen molar-refractivity contribution in [3.8, 4) is 0 Å². The molecule has 1 aromatic heterocycles. The molecule has 0 bridgehead atoms. The van der Waals surface area contributed by atoms with Gasteiger partial charge in [-0.1, -0.05) is 18.2 Å². The van der Waals surface area contributed by atoms with Gasteiger partial charge in [0.05, 0.1) is 6.54 Å². The molecular weight excluding hydrogens is 262 g/mol. The summed E-state index contributed by atoms with van der Waals surface area (Å²) in [4.78, 5) is 14.4. The normalized spacial score (nSPS) is 10.7. The van der Waals surface area contributed by atoms with Crippen molar-refractivity contribution < 1.29 is 4.79 Å². The first-order chi connectivity index (χ1) is 9.99. The van der Waals surface area contributed by atoms with Gasteiger partial charge in [-0.2, -0.15) is 0 Å². The fourth-order valence-electron chi connectivity index (χ4n) is 2.22. The Hall–Kier alpha value is -2.23. The monoisotopic (exact) mass is 285 g/mol. The first kappa shape index (κ1) is 15.2. The van der Waals surface area contributed by atoms with Gasteiger partial charge in [0.25, 0.3) is 0 Å². The molecule has 4 nitrogen and oxygen atoms in total. The van der Waals surface area contributed by atoms with E-state index < -0.39 is 0 Å². The predicted octanol–water partition coefficient (Wildman–Crippen LogP) is 3.78. The summed E-state index contributed by atoms with van der Waals surface area (Å²) in [6.45, 7) is 6.64. The fourth-order valence-corrected chi connectivity index (χ4v) is 2.22. The van der Waals surface area contributed by atoms with E-state index in [1.54, 1.807) is 0 Å². The summed E-state index contributed by atoms with van der Waals surface area (Å²) in [5, 5.41) is 3.00. The highest BCUT2D eigenvalue weighted by molar-refractivity contribution is 5.90. The number of urea groups is 1. The van der Waals surface area contributed by atoms with Crippen molar-refractivity contribution in [3.05, 3.63) is 53.9 Å². The maximum Gasteiger partial charge on any atom is 0.322 e. The van der Waals surface area contributed by atoms with Crippen LogP contribution in [0.15, 0.2) is 42.6 Å². The minimum atomic E-state index is -0.0690. The number of carbonyl (C=O) groups is 1. The Balaban J connectivity index is 2.13. The second-order valence-electron chi connectivity index (χ2n) is 5.58. The lowest BCUT2D eigenvalue weighted by atomic mass is 10.2. The van der Waals surface area contributed by atoms with Crippen molar-refractivity contribution in [1.29, 1.82) is 0 Å². The zero-order valence-electron chi connectivity index (χ0n) is 13.1. The van der Waals surface area contributed by atoms with E-state index in [0.29, 0.717) is 6.54 Å². The number of para-hydroxylation sites is 1. The summed E-state index contributed by atoms with van der Waals surface area (Å²) in [6, 6.07) is 11.9. The highest BCUT2D eigenvalue weighted by Gasteiger charge is 2.18. The number of nitrogens with zero attached hydrogens (tertiary/aromatic N) is 2. The Labute approximate surface area is 126 Å². The summed E-state index contributed by atoms with van der Waals surface area (Å²) in [7, 11) is 1.99. The Morgan fingerprint density at radius 2 is 1.95 bits per heavy atom. The summed E-state index contributed by atoms with van der Waals surface area (Å²) in [6.07, 6.45) is 1.99. The molecule has 2 amide bonds. The van der Waals surface area contributed by atoms with Gasteiger partial charge in [-0.05, 0) is 44.5 Å². The smallest absolute Gasteiger partial charge is 0.322 e. The third kappa shape index (κ3) is 3.66. The van der Waals surface area contributed by atoms with E-state index in [0.717, 1.165) is 16.9 Å². The summed E-state index contributed by atoms with van der Waals surface area (Å²) < 4.78 is 2.04. The second-order valence-corrected chi connectivity index (χ2v) is 5.58. The van der Waals surface area contributed by atoms with Crippen molar-refractivity contribution in [2.45, 2.75) is 33.4 Å². The summed E-state index contributed by atoms with van der Waals surface area (Å²) >= 11 is 0. The molecule has 4 heteroatoms. The van der Waals surface area contributed by atoms with Gasteiger partial charge in [-0.3, -0.25) is 0 Å². The largest absolute Gasteiger partial charge is 0.353 e. The Bertz CT molecular complexity index is 616. The van der Waals surface area contributed by atoms with Crippen molar-refractivity contribution in [2.75, 3.05) is 5.32 Å². The topological polar surface area (TPSA) is 37.3 Å². The van der Waals surface area contributed by atoms with Gasteiger partial charge in [0.15, 0.2) is 0 Å². The molecule has 112 valence electrons. The van der Waals surface area contributed by atoms with Crippen LogP contribution in [0.3, 0.4) is 0 Å². The van der Waals surface area contributed by atoms with Crippen molar-refractivity contribution in [2.24, 2.45) is 7.05 Å². The van der Waals surface area contributed by atoms with E-state index in [4.69, 9.17) is 0 Å². The molecular formula is C17H23N3O. The molecule has 0 spiro atoms. The number of carbonyl (C=O) groups excluding carboxylic acids is 1.